The van der Waals surface area contributed by atoms with E-state index >= 15 is 0 Å². The molecule has 2 aliphatic rings. The topological polar surface area (TPSA) is 59.4 Å². The molecule has 1 saturated carbocycles. The first kappa shape index (κ1) is 20.4. The van der Waals surface area contributed by atoms with Crippen LogP contribution in [0.1, 0.15) is 23.1 Å². The van der Waals surface area contributed by atoms with Crippen molar-refractivity contribution < 1.29 is 9.50 Å². The van der Waals surface area contributed by atoms with Gasteiger partial charge in [0.1, 0.15) is 5.82 Å². The molecule has 2 fully saturated rings. The van der Waals surface area contributed by atoms with Crippen molar-refractivity contribution in [3.05, 3.63) is 58.9 Å². The van der Waals surface area contributed by atoms with Crippen molar-refractivity contribution in [1.82, 2.24) is 4.90 Å². The first-order valence-corrected chi connectivity index (χ1v) is 11.8. The first-order valence-electron chi connectivity index (χ1n) is 9.05. The zero-order valence-corrected chi connectivity index (χ0v) is 19.6. The molecular weight excluding hydrogens is 536 g/mol. The second-order valence-corrected chi connectivity index (χ2v) is 8.49. The Balaban J connectivity index is 0.00000102. The molecule has 4 rings (SSSR count). The minimum atomic E-state index is -0.243. The van der Waals surface area contributed by atoms with Gasteiger partial charge in [-0.15, -0.1) is 0 Å². The van der Waals surface area contributed by atoms with E-state index in [-0.39, 0.29) is 5.82 Å². The van der Waals surface area contributed by atoms with Crippen LogP contribution >= 0.6 is 0 Å². The molecular formula is C21H25FN3OPb. The van der Waals surface area contributed by atoms with Gasteiger partial charge in [0.25, 0.3) is 0 Å². The number of rotatable bonds is 5. The second kappa shape index (κ2) is 8.36. The van der Waals surface area contributed by atoms with E-state index < -0.39 is 0 Å². The van der Waals surface area contributed by atoms with Crippen LogP contribution in [0.2, 0.25) is 0 Å². The summed E-state index contributed by atoms with van der Waals surface area (Å²) in [5.74, 6) is 0.544. The molecule has 1 aliphatic heterocycles. The summed E-state index contributed by atoms with van der Waals surface area (Å²) in [6, 6.07) is 10.7. The number of aliphatic hydroxyl groups is 1. The van der Waals surface area contributed by atoms with Crippen LogP contribution in [0.4, 0.5) is 15.8 Å². The van der Waals surface area contributed by atoms with E-state index in [1.165, 1.54) is 78.9 Å². The number of nitrogens with zero attached hydrogens (tertiary/aromatic N) is 1. The number of likely N-dealkylation sites (tertiary alicyclic amines) is 1. The van der Waals surface area contributed by atoms with Crippen LogP contribution in [0.15, 0.2) is 36.4 Å². The van der Waals surface area contributed by atoms with Crippen LogP contribution in [-0.4, -0.2) is 66.3 Å². The van der Waals surface area contributed by atoms with E-state index in [1.807, 2.05) is 0 Å². The van der Waals surface area contributed by atoms with Gasteiger partial charge in [0.05, 0.1) is 0 Å². The van der Waals surface area contributed by atoms with Crippen LogP contribution in [0.5, 0.6) is 0 Å². The third-order valence-corrected chi connectivity index (χ3v) is 7.39. The van der Waals surface area contributed by atoms with Crippen molar-refractivity contribution in [2.24, 2.45) is 5.92 Å². The van der Waals surface area contributed by atoms with Gasteiger partial charge in [-0.2, -0.15) is 0 Å². The standard InChI is InChI=1S/C20H21FN3.CH4O.Pb/c1-13-7-19(23-17-5-3-16(21)4-6-17)14(10-22)8-18(13)20-9-15(20)11-24(2)12-20;1-2;/h3-8,10,15,22-23H,2,9,11-12H2,1H3;2H,1H3;. The Morgan fingerprint density at radius 3 is 2.63 bits per heavy atom. The van der Waals surface area contributed by atoms with Crippen molar-refractivity contribution in [2.45, 2.75) is 18.8 Å². The number of anilines is 2. The molecule has 1 heterocycles. The Bertz CT molecular complexity index is 827. The molecule has 2 atom stereocenters. The third-order valence-electron chi connectivity index (χ3n) is 5.65. The fraction of sp³-hybridized carbons (Fsp3) is 0.381. The van der Waals surface area contributed by atoms with Crippen molar-refractivity contribution in [3.63, 3.8) is 0 Å². The Morgan fingerprint density at radius 2 is 2.04 bits per heavy atom. The molecule has 2 aromatic rings. The monoisotopic (exact) mass is 562 g/mol. The first-order chi connectivity index (χ1) is 13.1. The molecule has 6 heteroatoms. The molecule has 3 radical (unpaired) electrons. The number of benzene rings is 2. The number of hydrogen-bond acceptors (Lipinski definition) is 4. The number of piperidine rings is 1. The summed E-state index contributed by atoms with van der Waals surface area (Å²) < 4.78 is 14.4. The Morgan fingerprint density at radius 1 is 1.33 bits per heavy atom. The molecule has 0 amide bonds. The molecule has 1 saturated heterocycles. The van der Waals surface area contributed by atoms with Crippen molar-refractivity contribution in [2.75, 3.05) is 29.6 Å². The molecule has 0 bridgehead atoms. The second-order valence-electron chi connectivity index (χ2n) is 7.26. The normalized spacial score (nSPS) is 23.2. The van der Waals surface area contributed by atoms with Gasteiger partial charge in [0, 0.05) is 7.11 Å². The van der Waals surface area contributed by atoms with Crippen LogP contribution in [0.25, 0.3) is 0 Å². The van der Waals surface area contributed by atoms with E-state index in [9.17, 15) is 4.39 Å². The average molecular weight is 562 g/mol. The zero-order valence-electron chi connectivity index (χ0n) is 15.7. The van der Waals surface area contributed by atoms with Crippen LogP contribution < -0.4 is 5.32 Å². The maximum atomic E-state index is 13.1. The average Bonchev–Trinajstić information content (AvgIpc) is 3.26. The van der Waals surface area contributed by atoms with Gasteiger partial charge < -0.3 is 5.11 Å². The minimum absolute atomic E-state index is 0.243. The predicted octanol–water partition coefficient (Wildman–Crippen LogP) is 3.18. The molecule has 2 aromatic carbocycles. The molecule has 4 nitrogen and oxygen atoms in total. The summed E-state index contributed by atoms with van der Waals surface area (Å²) in [6.45, 7) is 4.58. The summed E-state index contributed by atoms with van der Waals surface area (Å²) in [5.41, 5.74) is 5.66. The van der Waals surface area contributed by atoms with E-state index in [0.29, 0.717) is 5.41 Å². The number of aryl methyl sites for hydroxylation is 1. The molecule has 141 valence electrons. The molecule has 2 unspecified atom stereocenters. The van der Waals surface area contributed by atoms with Crippen molar-refractivity contribution in [3.8, 4) is 0 Å². The molecule has 3 N–H and O–H groups in total. The van der Waals surface area contributed by atoms with Gasteiger partial charge in [0.2, 0.25) is 0 Å². The quantitative estimate of drug-likeness (QED) is 0.389. The van der Waals surface area contributed by atoms with E-state index in [2.05, 4.69) is 29.3 Å². The van der Waals surface area contributed by atoms with Gasteiger partial charge in [-0.05, 0) is 0 Å². The number of hydrogen-bond donors (Lipinski definition) is 3. The van der Waals surface area contributed by atoms with Crippen LogP contribution in [-0.2, 0) is 5.41 Å². The van der Waals surface area contributed by atoms with Gasteiger partial charge in [0.15, 0.2) is 0 Å². The summed E-state index contributed by atoms with van der Waals surface area (Å²) in [5, 5.41) is 18.2. The van der Waals surface area contributed by atoms with Gasteiger partial charge >= 0.3 is 154 Å². The summed E-state index contributed by atoms with van der Waals surface area (Å²) in [4.78, 5) is 2.59. The summed E-state index contributed by atoms with van der Waals surface area (Å²) >= 11 is 1.23. The fourth-order valence-corrected chi connectivity index (χ4v) is 5.24. The van der Waals surface area contributed by atoms with E-state index in [0.717, 1.165) is 30.0 Å². The summed E-state index contributed by atoms with van der Waals surface area (Å²) in [6.07, 6.45) is 2.70. The van der Waals surface area contributed by atoms with Gasteiger partial charge in [-0.3, -0.25) is 0 Å². The number of nitrogens with one attached hydrogen (secondary N) is 2. The van der Waals surface area contributed by atoms with Crippen molar-refractivity contribution in [1.29, 1.82) is 5.41 Å². The molecule has 27 heavy (non-hydrogen) atoms. The van der Waals surface area contributed by atoms with E-state index in [1.54, 1.807) is 12.1 Å². The molecule has 1 aliphatic carbocycles. The maximum absolute atomic E-state index is 13.1. The fourth-order valence-electron chi connectivity index (χ4n) is 4.30. The van der Waals surface area contributed by atoms with Crippen molar-refractivity contribution >= 4 is 43.4 Å². The zero-order chi connectivity index (χ0) is 19.6. The Labute approximate surface area is 176 Å². The van der Waals surface area contributed by atoms with E-state index in [4.69, 9.17) is 10.5 Å². The summed E-state index contributed by atoms with van der Waals surface area (Å²) in [7, 11) is 1.00. The number of fused-ring (bicyclic) bond motifs is 1. The molecule has 0 aromatic heterocycles. The number of halogens is 1. The Kier molecular flexibility index (Phi) is 6.32. The molecule has 0 spiro atoms. The SMILES string of the molecule is CO.Cc1cc(Nc2ccc(F)cc2)c(C=N)cc1C12CC1CN([CH2][Pb])C2. The number of aliphatic hydroxyl groups excluding tert-OH is 1. The predicted molar refractivity (Wildman–Crippen MR) is 109 cm³/mol. The Hall–Kier alpha value is -1.32. The van der Waals surface area contributed by atoms with Gasteiger partial charge in [-0.25, -0.2) is 4.39 Å². The van der Waals surface area contributed by atoms with Crippen LogP contribution in [0, 0.1) is 24.1 Å². The van der Waals surface area contributed by atoms with Crippen LogP contribution in [0.3, 0.4) is 0 Å². The third kappa shape index (κ3) is 3.95. The van der Waals surface area contributed by atoms with Gasteiger partial charge in [-0.1, -0.05) is 0 Å².